The van der Waals surface area contributed by atoms with Crippen LogP contribution in [0.4, 0.5) is 5.69 Å². The Bertz CT molecular complexity index is 505. The summed E-state index contributed by atoms with van der Waals surface area (Å²) in [6.07, 6.45) is 1.17. The van der Waals surface area contributed by atoms with Gasteiger partial charge in [-0.1, -0.05) is 25.1 Å². The molecule has 3 heteroatoms. The Balaban J connectivity index is 2.02. The van der Waals surface area contributed by atoms with Gasteiger partial charge in [-0.2, -0.15) is 0 Å². The molecule has 1 unspecified atom stereocenters. The van der Waals surface area contributed by atoms with Gasteiger partial charge in [0.1, 0.15) is 0 Å². The number of anilines is 1. The molecule has 0 bridgehead atoms. The smallest absolute Gasteiger partial charge is 0.0522 e. The van der Waals surface area contributed by atoms with Crippen molar-refractivity contribution in [2.24, 2.45) is 0 Å². The number of nitrogens with zero attached hydrogens (tertiary/aromatic N) is 1. The molecule has 0 aliphatic carbocycles. The first-order valence-corrected chi connectivity index (χ1v) is 8.73. The zero-order valence-electron chi connectivity index (χ0n) is 13.3. The maximum Gasteiger partial charge on any atom is 0.0522 e. The summed E-state index contributed by atoms with van der Waals surface area (Å²) in [4.78, 5) is 3.83. The third-order valence-corrected chi connectivity index (χ3v) is 4.63. The lowest BCUT2D eigenvalue weighted by Crippen LogP contribution is -2.22. The molecule has 0 aliphatic rings. The number of hydrogen-bond acceptors (Lipinski definition) is 3. The number of benzene rings is 1. The second-order valence-corrected chi connectivity index (χ2v) is 6.39. The van der Waals surface area contributed by atoms with Crippen LogP contribution in [0.3, 0.4) is 0 Å². The molecule has 21 heavy (non-hydrogen) atoms. The van der Waals surface area contributed by atoms with E-state index >= 15 is 0 Å². The van der Waals surface area contributed by atoms with Gasteiger partial charge in [-0.3, -0.25) is 0 Å². The van der Waals surface area contributed by atoms with Crippen LogP contribution in [0.1, 0.15) is 43.7 Å². The predicted octanol–water partition coefficient (Wildman–Crippen LogP) is 4.84. The summed E-state index contributed by atoms with van der Waals surface area (Å²) >= 11 is 1.83. The highest BCUT2D eigenvalue weighted by molar-refractivity contribution is 7.09. The number of rotatable bonds is 8. The van der Waals surface area contributed by atoms with E-state index < -0.39 is 0 Å². The van der Waals surface area contributed by atoms with Gasteiger partial charge in [0.2, 0.25) is 0 Å². The van der Waals surface area contributed by atoms with Gasteiger partial charge >= 0.3 is 0 Å². The number of thiophene rings is 1. The molecule has 0 radical (unpaired) electrons. The van der Waals surface area contributed by atoms with E-state index in [4.69, 9.17) is 0 Å². The Morgan fingerprint density at radius 3 is 2.48 bits per heavy atom. The van der Waals surface area contributed by atoms with E-state index in [1.165, 1.54) is 22.5 Å². The molecule has 0 fully saturated rings. The van der Waals surface area contributed by atoms with Crippen molar-refractivity contribution in [3.05, 3.63) is 52.2 Å². The Labute approximate surface area is 132 Å². The molecule has 0 aliphatic heterocycles. The highest BCUT2D eigenvalue weighted by Crippen LogP contribution is 2.22. The monoisotopic (exact) mass is 302 g/mol. The predicted molar refractivity (Wildman–Crippen MR) is 94.2 cm³/mol. The van der Waals surface area contributed by atoms with Crippen molar-refractivity contribution in [1.29, 1.82) is 0 Å². The van der Waals surface area contributed by atoms with Crippen LogP contribution in [0.15, 0.2) is 41.8 Å². The molecular weight excluding hydrogens is 276 g/mol. The van der Waals surface area contributed by atoms with Crippen LogP contribution in [-0.4, -0.2) is 13.1 Å². The van der Waals surface area contributed by atoms with E-state index in [0.717, 1.165) is 19.6 Å². The van der Waals surface area contributed by atoms with Crippen LogP contribution >= 0.6 is 11.3 Å². The third kappa shape index (κ3) is 4.58. The fourth-order valence-electron chi connectivity index (χ4n) is 2.43. The number of nitrogens with one attached hydrogen (secondary N) is 1. The van der Waals surface area contributed by atoms with Gasteiger partial charge in [0.25, 0.3) is 0 Å². The average molecular weight is 302 g/mol. The van der Waals surface area contributed by atoms with E-state index in [2.05, 4.69) is 72.8 Å². The Hall–Kier alpha value is -1.32. The summed E-state index contributed by atoms with van der Waals surface area (Å²) in [5.41, 5.74) is 2.66. The number of hydrogen-bond donors (Lipinski definition) is 1. The first kappa shape index (κ1) is 16.1. The van der Waals surface area contributed by atoms with Gasteiger partial charge in [0.15, 0.2) is 0 Å². The summed E-state index contributed by atoms with van der Waals surface area (Å²) < 4.78 is 0. The van der Waals surface area contributed by atoms with Crippen LogP contribution < -0.4 is 10.2 Å². The molecule has 0 amide bonds. The summed E-state index contributed by atoms with van der Waals surface area (Å²) in [5.74, 6) is 0. The van der Waals surface area contributed by atoms with Crippen molar-refractivity contribution >= 4 is 17.0 Å². The first-order valence-electron chi connectivity index (χ1n) is 7.85. The topological polar surface area (TPSA) is 15.3 Å². The fourth-order valence-corrected chi connectivity index (χ4v) is 3.15. The quantitative estimate of drug-likeness (QED) is 0.751. The van der Waals surface area contributed by atoms with Gasteiger partial charge in [0.05, 0.1) is 6.54 Å². The molecule has 2 nitrogen and oxygen atoms in total. The summed E-state index contributed by atoms with van der Waals surface area (Å²) in [6.45, 7) is 9.74. The summed E-state index contributed by atoms with van der Waals surface area (Å²) in [7, 11) is 0. The molecule has 0 spiro atoms. The van der Waals surface area contributed by atoms with Gasteiger partial charge in [0, 0.05) is 23.2 Å². The molecule has 0 saturated heterocycles. The highest BCUT2D eigenvalue weighted by atomic mass is 32.1. The van der Waals surface area contributed by atoms with Crippen molar-refractivity contribution < 1.29 is 0 Å². The van der Waals surface area contributed by atoms with Crippen LogP contribution in [0.25, 0.3) is 0 Å². The van der Waals surface area contributed by atoms with Crippen molar-refractivity contribution in [2.45, 2.75) is 39.8 Å². The van der Waals surface area contributed by atoms with Crippen LogP contribution in [-0.2, 0) is 6.54 Å². The van der Waals surface area contributed by atoms with Crippen molar-refractivity contribution in [2.75, 3.05) is 18.0 Å². The highest BCUT2D eigenvalue weighted by Gasteiger charge is 2.08. The lowest BCUT2D eigenvalue weighted by atomic mass is 10.1. The summed E-state index contributed by atoms with van der Waals surface area (Å²) in [5, 5.41) is 5.68. The van der Waals surface area contributed by atoms with Gasteiger partial charge in [-0.25, -0.2) is 0 Å². The van der Waals surface area contributed by atoms with Crippen molar-refractivity contribution in [3.8, 4) is 0 Å². The molecule has 1 aromatic carbocycles. The molecule has 1 N–H and O–H groups in total. The zero-order chi connectivity index (χ0) is 15.1. The van der Waals surface area contributed by atoms with E-state index in [-0.39, 0.29) is 0 Å². The van der Waals surface area contributed by atoms with Crippen LogP contribution in [0, 0.1) is 0 Å². The molecule has 1 atom stereocenters. The standard InChI is InChI=1S/C18H26N2S/c1-4-12-19-15(3)16-8-10-17(11-9-16)20(5-2)14-18-7-6-13-21-18/h6-11,13,15,19H,4-5,12,14H2,1-3H3. The minimum Gasteiger partial charge on any atom is -0.367 e. The zero-order valence-corrected chi connectivity index (χ0v) is 14.1. The van der Waals surface area contributed by atoms with Gasteiger partial charge in [-0.05, 0) is 56.0 Å². The molecular formula is C18H26N2S. The fraction of sp³-hybridized carbons (Fsp3) is 0.444. The normalized spacial score (nSPS) is 12.3. The van der Waals surface area contributed by atoms with E-state index in [1.54, 1.807) is 0 Å². The minimum absolute atomic E-state index is 0.423. The lowest BCUT2D eigenvalue weighted by Gasteiger charge is -2.23. The van der Waals surface area contributed by atoms with Crippen LogP contribution in [0.2, 0.25) is 0 Å². The second kappa shape index (κ2) is 8.20. The Morgan fingerprint density at radius 2 is 1.90 bits per heavy atom. The SMILES string of the molecule is CCCNC(C)c1ccc(N(CC)Cc2cccs2)cc1. The minimum atomic E-state index is 0.423. The largest absolute Gasteiger partial charge is 0.367 e. The maximum absolute atomic E-state index is 3.54. The lowest BCUT2D eigenvalue weighted by molar-refractivity contribution is 0.570. The molecule has 2 rings (SSSR count). The molecule has 114 valence electrons. The Kier molecular flexibility index (Phi) is 6.27. The van der Waals surface area contributed by atoms with Crippen molar-refractivity contribution in [3.63, 3.8) is 0 Å². The molecule has 1 aromatic heterocycles. The maximum atomic E-state index is 3.54. The molecule has 2 aromatic rings. The third-order valence-electron chi connectivity index (χ3n) is 3.77. The first-order chi connectivity index (χ1) is 10.2. The molecule has 1 heterocycles. The van der Waals surface area contributed by atoms with E-state index in [1.807, 2.05) is 11.3 Å². The Morgan fingerprint density at radius 1 is 1.14 bits per heavy atom. The molecule has 0 saturated carbocycles. The van der Waals surface area contributed by atoms with Gasteiger partial charge in [-0.15, -0.1) is 11.3 Å². The average Bonchev–Trinajstić information content (AvgIpc) is 3.03. The van der Waals surface area contributed by atoms with E-state index in [0.29, 0.717) is 6.04 Å². The van der Waals surface area contributed by atoms with Crippen molar-refractivity contribution in [1.82, 2.24) is 5.32 Å². The summed E-state index contributed by atoms with van der Waals surface area (Å²) in [6, 6.07) is 13.7. The van der Waals surface area contributed by atoms with Crippen LogP contribution in [0.5, 0.6) is 0 Å². The van der Waals surface area contributed by atoms with E-state index in [9.17, 15) is 0 Å². The second-order valence-electron chi connectivity index (χ2n) is 5.36. The van der Waals surface area contributed by atoms with Gasteiger partial charge < -0.3 is 10.2 Å².